The Kier molecular flexibility index (Phi) is 4.33. The van der Waals surface area contributed by atoms with Crippen LogP contribution in [0.25, 0.3) is 0 Å². The first-order valence-corrected chi connectivity index (χ1v) is 7.42. The minimum atomic E-state index is -2.54. The van der Waals surface area contributed by atoms with E-state index in [4.69, 9.17) is 5.73 Å². The van der Waals surface area contributed by atoms with Crippen LogP contribution in [0.2, 0.25) is 0 Å². The van der Waals surface area contributed by atoms with Crippen LogP contribution in [0.3, 0.4) is 0 Å². The molecule has 0 unspecified atom stereocenters. The van der Waals surface area contributed by atoms with Crippen molar-refractivity contribution in [1.29, 1.82) is 0 Å². The largest absolute Gasteiger partial charge is 0.372 e. The molecule has 0 atom stereocenters. The molecule has 0 aliphatic heterocycles. The van der Waals surface area contributed by atoms with Gasteiger partial charge in [0, 0.05) is 37.2 Å². The first kappa shape index (κ1) is 15.2. The number of nitrogens with two attached hydrogens (primary N) is 1. The van der Waals surface area contributed by atoms with Gasteiger partial charge in [-0.15, -0.1) is 0 Å². The van der Waals surface area contributed by atoms with Crippen molar-refractivity contribution in [3.05, 3.63) is 29.8 Å². The Morgan fingerprint density at radius 2 is 1.50 bits per heavy atom. The summed E-state index contributed by atoms with van der Waals surface area (Å²) in [6, 6.07) is 8.08. The van der Waals surface area contributed by atoms with E-state index in [1.165, 1.54) is 0 Å². The van der Waals surface area contributed by atoms with Crippen LogP contribution in [0.4, 0.5) is 14.5 Å². The van der Waals surface area contributed by atoms with E-state index in [-0.39, 0.29) is 12.8 Å². The molecule has 1 aromatic carbocycles. The standard InChI is InChI=1S/C16H24F2N2/c1-3-20(4-2)14-7-5-13(6-8-14)15(19)9-11-16(17,18)12-10-15/h5-8H,3-4,9-12,19H2,1-2H3. The van der Waals surface area contributed by atoms with Crippen molar-refractivity contribution < 1.29 is 8.78 Å². The van der Waals surface area contributed by atoms with Gasteiger partial charge < -0.3 is 10.6 Å². The third kappa shape index (κ3) is 3.11. The second-order valence-corrected chi connectivity index (χ2v) is 5.73. The number of halogens is 2. The van der Waals surface area contributed by atoms with Gasteiger partial charge in [-0.05, 0) is 44.4 Å². The van der Waals surface area contributed by atoms with Gasteiger partial charge in [0.25, 0.3) is 0 Å². The molecule has 4 heteroatoms. The zero-order valence-corrected chi connectivity index (χ0v) is 12.3. The van der Waals surface area contributed by atoms with Gasteiger partial charge in [0.1, 0.15) is 0 Å². The normalized spacial score (nSPS) is 20.6. The van der Waals surface area contributed by atoms with E-state index < -0.39 is 11.5 Å². The molecule has 0 saturated heterocycles. The third-order valence-corrected chi connectivity index (χ3v) is 4.44. The fourth-order valence-corrected chi connectivity index (χ4v) is 2.94. The number of rotatable bonds is 4. The van der Waals surface area contributed by atoms with E-state index in [0.717, 1.165) is 24.3 Å². The van der Waals surface area contributed by atoms with Crippen molar-refractivity contribution in [3.8, 4) is 0 Å². The van der Waals surface area contributed by atoms with Gasteiger partial charge >= 0.3 is 0 Å². The van der Waals surface area contributed by atoms with Crippen LogP contribution in [0.5, 0.6) is 0 Å². The minimum Gasteiger partial charge on any atom is -0.372 e. The Morgan fingerprint density at radius 1 is 1.00 bits per heavy atom. The number of hydrogen-bond acceptors (Lipinski definition) is 2. The number of hydrogen-bond donors (Lipinski definition) is 1. The average molecular weight is 282 g/mol. The minimum absolute atomic E-state index is 0.110. The second-order valence-electron chi connectivity index (χ2n) is 5.73. The lowest BCUT2D eigenvalue weighted by Gasteiger charge is -2.37. The van der Waals surface area contributed by atoms with E-state index in [1.807, 2.05) is 24.3 Å². The summed E-state index contributed by atoms with van der Waals surface area (Å²) in [5, 5.41) is 0. The number of alkyl halides is 2. The highest BCUT2D eigenvalue weighted by atomic mass is 19.3. The van der Waals surface area contributed by atoms with E-state index >= 15 is 0 Å². The molecule has 0 amide bonds. The Balaban J connectivity index is 2.14. The summed E-state index contributed by atoms with van der Waals surface area (Å²) in [5.41, 5.74) is 7.88. The molecule has 0 spiro atoms. The van der Waals surface area contributed by atoms with Crippen molar-refractivity contribution in [2.75, 3.05) is 18.0 Å². The van der Waals surface area contributed by atoms with Gasteiger partial charge in [-0.3, -0.25) is 0 Å². The molecule has 2 N–H and O–H groups in total. The Labute approximate surface area is 120 Å². The topological polar surface area (TPSA) is 29.3 Å². The summed E-state index contributed by atoms with van der Waals surface area (Å²) in [6.45, 7) is 6.14. The van der Waals surface area contributed by atoms with Crippen LogP contribution in [0.15, 0.2) is 24.3 Å². The predicted octanol–water partition coefficient (Wildman–Crippen LogP) is 3.90. The lowest BCUT2D eigenvalue weighted by Crippen LogP contribution is -2.43. The van der Waals surface area contributed by atoms with Gasteiger partial charge in [0.05, 0.1) is 0 Å². The summed E-state index contributed by atoms with van der Waals surface area (Å²) in [5.74, 6) is -2.54. The van der Waals surface area contributed by atoms with Crippen molar-refractivity contribution in [2.45, 2.75) is 51.0 Å². The fourth-order valence-electron chi connectivity index (χ4n) is 2.94. The molecule has 2 nitrogen and oxygen atoms in total. The zero-order chi connectivity index (χ0) is 14.8. The molecule has 0 heterocycles. The predicted molar refractivity (Wildman–Crippen MR) is 79.3 cm³/mol. The fraction of sp³-hybridized carbons (Fsp3) is 0.625. The van der Waals surface area contributed by atoms with Gasteiger partial charge in [0.2, 0.25) is 5.92 Å². The molecular formula is C16H24F2N2. The molecule has 2 rings (SSSR count). The summed E-state index contributed by atoms with van der Waals surface area (Å²) >= 11 is 0. The van der Waals surface area contributed by atoms with Gasteiger partial charge in [-0.25, -0.2) is 8.78 Å². The number of anilines is 1. The Morgan fingerprint density at radius 3 is 1.95 bits per heavy atom. The molecule has 1 saturated carbocycles. The lowest BCUT2D eigenvalue weighted by molar-refractivity contribution is -0.0514. The SMILES string of the molecule is CCN(CC)c1ccc(C2(N)CCC(F)(F)CC2)cc1. The molecule has 20 heavy (non-hydrogen) atoms. The third-order valence-electron chi connectivity index (χ3n) is 4.44. The molecule has 1 fully saturated rings. The second kappa shape index (κ2) is 5.68. The maximum absolute atomic E-state index is 13.3. The van der Waals surface area contributed by atoms with Crippen LogP contribution in [0, 0.1) is 0 Å². The smallest absolute Gasteiger partial charge is 0.248 e. The van der Waals surface area contributed by atoms with Crippen molar-refractivity contribution in [2.24, 2.45) is 5.73 Å². The van der Waals surface area contributed by atoms with Crippen LogP contribution < -0.4 is 10.6 Å². The lowest BCUT2D eigenvalue weighted by atomic mass is 9.76. The van der Waals surface area contributed by atoms with Gasteiger partial charge in [-0.2, -0.15) is 0 Å². The van der Waals surface area contributed by atoms with E-state index in [1.54, 1.807) is 0 Å². The highest BCUT2D eigenvalue weighted by Crippen LogP contribution is 2.42. The molecule has 0 radical (unpaired) electrons. The van der Waals surface area contributed by atoms with E-state index in [0.29, 0.717) is 12.8 Å². The van der Waals surface area contributed by atoms with Crippen LogP contribution >= 0.6 is 0 Å². The molecule has 1 aliphatic carbocycles. The quantitative estimate of drug-likeness (QED) is 0.907. The number of nitrogens with zero attached hydrogens (tertiary/aromatic N) is 1. The molecule has 1 aromatic rings. The van der Waals surface area contributed by atoms with E-state index in [2.05, 4.69) is 18.7 Å². The van der Waals surface area contributed by atoms with Crippen LogP contribution in [-0.2, 0) is 5.54 Å². The summed E-state index contributed by atoms with van der Waals surface area (Å²) in [7, 11) is 0. The highest BCUT2D eigenvalue weighted by Gasteiger charge is 2.41. The summed E-state index contributed by atoms with van der Waals surface area (Å²) < 4.78 is 26.5. The summed E-state index contributed by atoms with van der Waals surface area (Å²) in [6.07, 6.45) is 0.484. The molecular weight excluding hydrogens is 258 g/mol. The Bertz CT molecular complexity index is 428. The first-order valence-electron chi connectivity index (χ1n) is 7.42. The first-order chi connectivity index (χ1) is 9.40. The number of benzene rings is 1. The average Bonchev–Trinajstić information content (AvgIpc) is 2.45. The molecule has 1 aliphatic rings. The van der Waals surface area contributed by atoms with Crippen molar-refractivity contribution in [3.63, 3.8) is 0 Å². The molecule has 0 aromatic heterocycles. The highest BCUT2D eigenvalue weighted by molar-refractivity contribution is 5.48. The molecule has 112 valence electrons. The molecule has 0 bridgehead atoms. The maximum Gasteiger partial charge on any atom is 0.248 e. The van der Waals surface area contributed by atoms with Gasteiger partial charge in [0.15, 0.2) is 0 Å². The summed E-state index contributed by atoms with van der Waals surface area (Å²) in [4.78, 5) is 2.25. The Hall–Kier alpha value is -1.16. The van der Waals surface area contributed by atoms with Crippen molar-refractivity contribution >= 4 is 5.69 Å². The van der Waals surface area contributed by atoms with Crippen molar-refractivity contribution in [1.82, 2.24) is 0 Å². The van der Waals surface area contributed by atoms with Crippen LogP contribution in [0.1, 0.15) is 45.1 Å². The van der Waals surface area contributed by atoms with Crippen LogP contribution in [-0.4, -0.2) is 19.0 Å². The van der Waals surface area contributed by atoms with E-state index in [9.17, 15) is 8.78 Å². The van der Waals surface area contributed by atoms with Gasteiger partial charge in [-0.1, -0.05) is 12.1 Å². The maximum atomic E-state index is 13.3. The zero-order valence-electron chi connectivity index (χ0n) is 12.3. The monoisotopic (exact) mass is 282 g/mol.